The molecule has 0 aromatic heterocycles. The highest BCUT2D eigenvalue weighted by atomic mass is 16.6. The zero-order chi connectivity index (χ0) is 19.7. The SMILES string of the molecule is CCCCCC/C=C/CCCCCCCCOC[C@@H]1OC[C@@H](O)[C@H](O)[C@H]1O. The summed E-state index contributed by atoms with van der Waals surface area (Å²) < 4.78 is 10.9. The van der Waals surface area contributed by atoms with E-state index in [-0.39, 0.29) is 13.2 Å². The fourth-order valence-corrected chi connectivity index (χ4v) is 3.31. The third kappa shape index (κ3) is 11.9. The van der Waals surface area contributed by atoms with E-state index in [1.807, 2.05) is 0 Å². The van der Waals surface area contributed by atoms with Crippen molar-refractivity contribution in [3.8, 4) is 0 Å². The quantitative estimate of drug-likeness (QED) is 0.278. The number of aliphatic hydroxyl groups is 3. The van der Waals surface area contributed by atoms with Gasteiger partial charge in [-0.1, -0.05) is 64.0 Å². The largest absolute Gasteiger partial charge is 0.388 e. The monoisotopic (exact) mass is 386 g/mol. The Hall–Kier alpha value is -0.460. The van der Waals surface area contributed by atoms with Gasteiger partial charge >= 0.3 is 0 Å². The van der Waals surface area contributed by atoms with Crippen molar-refractivity contribution in [1.29, 1.82) is 0 Å². The van der Waals surface area contributed by atoms with Crippen LogP contribution in [0.5, 0.6) is 0 Å². The summed E-state index contributed by atoms with van der Waals surface area (Å²) in [4.78, 5) is 0. The van der Waals surface area contributed by atoms with Gasteiger partial charge in [0.25, 0.3) is 0 Å². The standard InChI is InChI=1S/C22H42O5/c1-2-3-4-5-6-7-8-9-10-11-12-13-14-15-16-26-18-20-22(25)21(24)19(23)17-27-20/h7-8,19-25H,2-6,9-18H2,1H3/b8-7+/t19-,20+,21+,22+/m1/s1. The highest BCUT2D eigenvalue weighted by Crippen LogP contribution is 2.16. The van der Waals surface area contributed by atoms with E-state index in [1.165, 1.54) is 64.2 Å². The van der Waals surface area contributed by atoms with Gasteiger partial charge in [0.15, 0.2) is 0 Å². The Labute approximate surface area is 165 Å². The number of ether oxygens (including phenoxy) is 2. The van der Waals surface area contributed by atoms with Gasteiger partial charge < -0.3 is 24.8 Å². The first kappa shape index (κ1) is 24.6. The Morgan fingerprint density at radius 1 is 0.815 bits per heavy atom. The number of hydrogen-bond acceptors (Lipinski definition) is 5. The molecular weight excluding hydrogens is 344 g/mol. The van der Waals surface area contributed by atoms with Crippen molar-refractivity contribution < 1.29 is 24.8 Å². The first-order valence-corrected chi connectivity index (χ1v) is 11.0. The van der Waals surface area contributed by atoms with E-state index in [9.17, 15) is 15.3 Å². The predicted octanol–water partition coefficient (Wildman–Crippen LogP) is 3.74. The molecule has 0 aromatic carbocycles. The van der Waals surface area contributed by atoms with Gasteiger partial charge in [0.05, 0.1) is 13.2 Å². The Morgan fingerprint density at radius 3 is 2.07 bits per heavy atom. The molecule has 1 saturated heterocycles. The molecule has 1 aliphatic rings. The zero-order valence-electron chi connectivity index (χ0n) is 17.2. The molecule has 3 N–H and O–H groups in total. The molecule has 1 fully saturated rings. The molecule has 0 aliphatic carbocycles. The van der Waals surface area contributed by atoms with Crippen molar-refractivity contribution in [2.75, 3.05) is 19.8 Å². The van der Waals surface area contributed by atoms with Crippen LogP contribution in [0.25, 0.3) is 0 Å². The predicted molar refractivity (Wildman–Crippen MR) is 109 cm³/mol. The van der Waals surface area contributed by atoms with E-state index in [0.717, 1.165) is 12.8 Å². The topological polar surface area (TPSA) is 79.2 Å². The van der Waals surface area contributed by atoms with Gasteiger partial charge in [0, 0.05) is 6.61 Å². The van der Waals surface area contributed by atoms with Crippen LogP contribution in [-0.4, -0.2) is 59.6 Å². The lowest BCUT2D eigenvalue weighted by molar-refractivity contribution is -0.199. The maximum Gasteiger partial charge on any atom is 0.111 e. The summed E-state index contributed by atoms with van der Waals surface area (Å²) in [6.45, 7) is 3.20. The van der Waals surface area contributed by atoms with Crippen LogP contribution in [0.15, 0.2) is 12.2 Å². The van der Waals surface area contributed by atoms with Gasteiger partial charge in [0.2, 0.25) is 0 Å². The van der Waals surface area contributed by atoms with E-state index in [1.54, 1.807) is 0 Å². The lowest BCUT2D eigenvalue weighted by atomic mass is 10.0. The zero-order valence-corrected chi connectivity index (χ0v) is 17.2. The molecule has 0 unspecified atom stereocenters. The Morgan fingerprint density at radius 2 is 1.41 bits per heavy atom. The summed E-state index contributed by atoms with van der Waals surface area (Å²) in [5.74, 6) is 0. The number of allylic oxidation sites excluding steroid dienone is 2. The molecule has 4 atom stereocenters. The average molecular weight is 387 g/mol. The molecule has 0 saturated carbocycles. The Balaban J connectivity index is 1.82. The highest BCUT2D eigenvalue weighted by molar-refractivity contribution is 4.86. The second kappa shape index (κ2) is 16.5. The lowest BCUT2D eigenvalue weighted by Crippen LogP contribution is -2.54. The number of hydrogen-bond donors (Lipinski definition) is 3. The van der Waals surface area contributed by atoms with E-state index >= 15 is 0 Å². The Bertz CT molecular complexity index is 361. The van der Waals surface area contributed by atoms with Gasteiger partial charge in [-0.15, -0.1) is 0 Å². The van der Waals surface area contributed by atoms with Crippen LogP contribution in [0.3, 0.4) is 0 Å². The van der Waals surface area contributed by atoms with Crippen LogP contribution in [0.2, 0.25) is 0 Å². The molecule has 1 rings (SSSR count). The summed E-state index contributed by atoms with van der Waals surface area (Å²) in [6, 6.07) is 0. The molecule has 5 heteroatoms. The second-order valence-electron chi connectivity index (χ2n) is 7.73. The van der Waals surface area contributed by atoms with E-state index < -0.39 is 24.4 Å². The molecule has 0 aromatic rings. The molecule has 5 nitrogen and oxygen atoms in total. The van der Waals surface area contributed by atoms with Crippen molar-refractivity contribution in [2.24, 2.45) is 0 Å². The van der Waals surface area contributed by atoms with Crippen molar-refractivity contribution in [3.05, 3.63) is 12.2 Å². The van der Waals surface area contributed by atoms with Crippen LogP contribution < -0.4 is 0 Å². The molecule has 0 amide bonds. The molecule has 0 spiro atoms. The normalized spacial score (nSPS) is 26.1. The summed E-state index contributed by atoms with van der Waals surface area (Å²) in [7, 11) is 0. The van der Waals surface area contributed by atoms with Crippen LogP contribution in [0.1, 0.15) is 84.0 Å². The minimum atomic E-state index is -1.15. The third-order valence-electron chi connectivity index (χ3n) is 5.19. The van der Waals surface area contributed by atoms with Gasteiger partial charge in [-0.2, -0.15) is 0 Å². The first-order chi connectivity index (χ1) is 13.2. The maximum absolute atomic E-state index is 9.81. The maximum atomic E-state index is 9.81. The first-order valence-electron chi connectivity index (χ1n) is 11.0. The molecule has 0 radical (unpaired) electrons. The molecular formula is C22H42O5. The van der Waals surface area contributed by atoms with E-state index in [0.29, 0.717) is 6.61 Å². The van der Waals surface area contributed by atoms with Crippen LogP contribution in [0, 0.1) is 0 Å². The van der Waals surface area contributed by atoms with Gasteiger partial charge in [-0.25, -0.2) is 0 Å². The molecule has 1 aliphatic heterocycles. The van der Waals surface area contributed by atoms with Gasteiger partial charge in [0.1, 0.15) is 24.4 Å². The molecule has 27 heavy (non-hydrogen) atoms. The van der Waals surface area contributed by atoms with Gasteiger partial charge in [-0.05, 0) is 32.1 Å². The average Bonchev–Trinajstić information content (AvgIpc) is 2.67. The van der Waals surface area contributed by atoms with Crippen molar-refractivity contribution in [2.45, 2.75) is 108 Å². The fourth-order valence-electron chi connectivity index (χ4n) is 3.31. The minimum absolute atomic E-state index is 0.0420. The van der Waals surface area contributed by atoms with Crippen molar-refractivity contribution >= 4 is 0 Å². The molecule has 160 valence electrons. The van der Waals surface area contributed by atoms with Gasteiger partial charge in [-0.3, -0.25) is 0 Å². The molecule has 0 bridgehead atoms. The summed E-state index contributed by atoms with van der Waals surface area (Å²) in [6.07, 6.45) is 16.0. The van der Waals surface area contributed by atoms with Crippen LogP contribution in [0.4, 0.5) is 0 Å². The van der Waals surface area contributed by atoms with E-state index in [2.05, 4.69) is 19.1 Å². The number of aliphatic hydroxyl groups excluding tert-OH is 3. The summed E-state index contributed by atoms with van der Waals surface area (Å²) >= 11 is 0. The summed E-state index contributed by atoms with van der Waals surface area (Å²) in [5.41, 5.74) is 0. The number of rotatable bonds is 16. The lowest BCUT2D eigenvalue weighted by Gasteiger charge is -2.35. The van der Waals surface area contributed by atoms with Crippen molar-refractivity contribution in [3.63, 3.8) is 0 Å². The second-order valence-corrected chi connectivity index (χ2v) is 7.73. The minimum Gasteiger partial charge on any atom is -0.388 e. The third-order valence-corrected chi connectivity index (χ3v) is 5.19. The summed E-state index contributed by atoms with van der Waals surface area (Å²) in [5, 5.41) is 28.8. The van der Waals surface area contributed by atoms with Crippen LogP contribution >= 0.6 is 0 Å². The fraction of sp³-hybridized carbons (Fsp3) is 0.909. The highest BCUT2D eigenvalue weighted by Gasteiger charge is 2.37. The Kier molecular flexibility index (Phi) is 15.0. The van der Waals surface area contributed by atoms with Crippen LogP contribution in [-0.2, 0) is 9.47 Å². The van der Waals surface area contributed by atoms with Crippen molar-refractivity contribution in [1.82, 2.24) is 0 Å². The van der Waals surface area contributed by atoms with E-state index in [4.69, 9.17) is 9.47 Å². The molecule has 1 heterocycles. The smallest absolute Gasteiger partial charge is 0.111 e. The number of unbranched alkanes of at least 4 members (excludes halogenated alkanes) is 10.